The number of carbonyl (C=O) groups excluding carboxylic acids is 2. The standard InChI is InChI=1S/C38H36F3N5O3/c1-22-31(38(49)46(27-9-11-29(47)12-10-27)28-16-24-14-15-43(2)36(24)42-20-28)19-33(44(22)3)32-18-26(39)8-13-30(32)37(48)45-21-25-7-5-4-6-23(25)17-34(45)35(40)41/h4-13,18-20,24,34-35,47H,14-17,21H2,1-3H3/t24?,34-/m0/s1. The van der Waals surface area contributed by atoms with Crippen molar-refractivity contribution in [1.29, 1.82) is 0 Å². The third kappa shape index (κ3) is 5.77. The van der Waals surface area contributed by atoms with Crippen LogP contribution in [0.2, 0.25) is 0 Å². The van der Waals surface area contributed by atoms with E-state index >= 15 is 0 Å². The van der Waals surface area contributed by atoms with Gasteiger partial charge in [0.25, 0.3) is 18.2 Å². The first-order valence-corrected chi connectivity index (χ1v) is 16.2. The molecule has 0 spiro atoms. The Morgan fingerprint density at radius 1 is 0.959 bits per heavy atom. The highest BCUT2D eigenvalue weighted by atomic mass is 19.3. The number of nitrogens with zero attached hydrogens (tertiary/aromatic N) is 5. The van der Waals surface area contributed by atoms with Crippen LogP contribution in [0.15, 0.2) is 89.7 Å². The van der Waals surface area contributed by atoms with Crippen LogP contribution in [0, 0.1) is 18.7 Å². The number of fused-ring (bicyclic) bond motifs is 2. The van der Waals surface area contributed by atoms with Gasteiger partial charge in [-0.05, 0) is 85.8 Å². The Morgan fingerprint density at radius 3 is 2.43 bits per heavy atom. The van der Waals surface area contributed by atoms with Gasteiger partial charge in [-0.1, -0.05) is 24.3 Å². The lowest BCUT2D eigenvalue weighted by Crippen LogP contribution is -2.48. The van der Waals surface area contributed by atoms with Gasteiger partial charge in [0.15, 0.2) is 0 Å². The predicted octanol–water partition coefficient (Wildman–Crippen LogP) is 6.92. The molecular weight excluding hydrogens is 631 g/mol. The second-order valence-corrected chi connectivity index (χ2v) is 13.0. The number of amides is 2. The molecular formula is C38H36F3N5O3. The van der Waals surface area contributed by atoms with Crippen molar-refractivity contribution in [1.82, 2.24) is 14.4 Å². The van der Waals surface area contributed by atoms with Crippen LogP contribution in [0.3, 0.4) is 0 Å². The van der Waals surface area contributed by atoms with Crippen molar-refractivity contribution in [2.24, 2.45) is 18.0 Å². The maximum absolute atomic E-state index is 14.9. The molecule has 4 heterocycles. The summed E-state index contributed by atoms with van der Waals surface area (Å²) in [5.41, 5.74) is 4.28. The lowest BCUT2D eigenvalue weighted by atomic mass is 9.92. The molecule has 1 saturated heterocycles. The quantitative estimate of drug-likeness (QED) is 0.242. The van der Waals surface area contributed by atoms with E-state index in [1.165, 1.54) is 29.2 Å². The molecule has 1 fully saturated rings. The van der Waals surface area contributed by atoms with E-state index in [2.05, 4.69) is 4.90 Å². The summed E-state index contributed by atoms with van der Waals surface area (Å²) in [5, 5.41) is 10.00. The Morgan fingerprint density at radius 2 is 1.69 bits per heavy atom. The molecule has 1 aromatic heterocycles. The van der Waals surface area contributed by atoms with Gasteiger partial charge >= 0.3 is 0 Å². The van der Waals surface area contributed by atoms with Gasteiger partial charge in [-0.2, -0.15) is 0 Å². The minimum Gasteiger partial charge on any atom is -0.508 e. The maximum Gasteiger partial charge on any atom is 0.264 e. The van der Waals surface area contributed by atoms with E-state index < -0.39 is 24.2 Å². The number of hydrogen-bond donors (Lipinski definition) is 1. The molecule has 2 amide bonds. The monoisotopic (exact) mass is 667 g/mol. The Balaban J connectivity index is 1.29. The summed E-state index contributed by atoms with van der Waals surface area (Å²) in [6.07, 6.45) is 0.416. The van der Waals surface area contributed by atoms with Crippen molar-refractivity contribution >= 4 is 23.3 Å². The van der Waals surface area contributed by atoms with Crippen molar-refractivity contribution in [2.45, 2.75) is 45.2 Å². The Kier molecular flexibility index (Phi) is 8.30. The van der Waals surface area contributed by atoms with Crippen LogP contribution >= 0.6 is 0 Å². The van der Waals surface area contributed by atoms with Gasteiger partial charge in [-0.3, -0.25) is 14.5 Å². The van der Waals surface area contributed by atoms with E-state index in [9.17, 15) is 27.9 Å². The number of likely N-dealkylation sites (tertiary alicyclic amines) is 1. The van der Waals surface area contributed by atoms with Crippen molar-refractivity contribution in [3.05, 3.63) is 118 Å². The highest BCUT2D eigenvalue weighted by Crippen LogP contribution is 2.37. The lowest BCUT2D eigenvalue weighted by Gasteiger charge is -2.37. The molecule has 1 unspecified atom stereocenters. The molecule has 0 radical (unpaired) electrons. The number of aromatic nitrogens is 1. The minimum absolute atomic E-state index is 0.00362. The third-order valence-electron chi connectivity index (χ3n) is 10.1. The number of aromatic hydroxyl groups is 1. The van der Waals surface area contributed by atoms with Crippen LogP contribution < -0.4 is 4.90 Å². The van der Waals surface area contributed by atoms with E-state index in [4.69, 9.17) is 4.99 Å². The molecule has 252 valence electrons. The molecule has 2 atom stereocenters. The summed E-state index contributed by atoms with van der Waals surface area (Å²) in [6.45, 7) is 2.63. The predicted molar refractivity (Wildman–Crippen MR) is 181 cm³/mol. The summed E-state index contributed by atoms with van der Waals surface area (Å²) in [4.78, 5) is 38.3. The summed E-state index contributed by atoms with van der Waals surface area (Å²) in [5.74, 6) is -0.426. The number of rotatable bonds is 6. The number of benzene rings is 3. The molecule has 8 nitrogen and oxygen atoms in total. The van der Waals surface area contributed by atoms with E-state index in [1.54, 1.807) is 66.0 Å². The van der Waals surface area contributed by atoms with E-state index in [0.717, 1.165) is 36.0 Å². The first kappa shape index (κ1) is 32.2. The Labute approximate surface area is 282 Å². The zero-order valence-electron chi connectivity index (χ0n) is 27.4. The number of phenolic OH excluding ortho intramolecular Hbond substituents is 1. The van der Waals surface area contributed by atoms with Crippen molar-refractivity contribution in [3.8, 4) is 17.0 Å². The topological polar surface area (TPSA) is 81.4 Å². The fourth-order valence-corrected chi connectivity index (χ4v) is 7.27. The molecule has 0 saturated carbocycles. The maximum atomic E-state index is 14.9. The average molecular weight is 668 g/mol. The van der Waals surface area contributed by atoms with Crippen molar-refractivity contribution in [3.63, 3.8) is 0 Å². The smallest absolute Gasteiger partial charge is 0.264 e. The fourth-order valence-electron chi connectivity index (χ4n) is 7.27. The highest BCUT2D eigenvalue weighted by molar-refractivity contribution is 6.10. The summed E-state index contributed by atoms with van der Waals surface area (Å²) >= 11 is 0. The SMILES string of the molecule is Cc1c(C(=O)N(C2=CN=C3C(CCN3C)C2)c2ccc(O)cc2)cc(-c2cc(F)ccc2C(=O)N2Cc3ccccc3C[C@H]2C(F)F)n1C. The first-order chi connectivity index (χ1) is 23.5. The number of amidine groups is 1. The van der Waals surface area contributed by atoms with Gasteiger partial charge in [0.2, 0.25) is 0 Å². The van der Waals surface area contributed by atoms with Gasteiger partial charge in [-0.25, -0.2) is 18.2 Å². The molecule has 49 heavy (non-hydrogen) atoms. The van der Waals surface area contributed by atoms with Crippen molar-refractivity contribution < 1.29 is 27.9 Å². The largest absolute Gasteiger partial charge is 0.508 e. The number of alkyl halides is 2. The molecule has 11 heteroatoms. The number of phenols is 1. The average Bonchev–Trinajstić information content (AvgIpc) is 3.62. The van der Waals surface area contributed by atoms with Crippen LogP contribution in [0.5, 0.6) is 5.75 Å². The molecule has 3 aliphatic rings. The first-order valence-electron chi connectivity index (χ1n) is 16.2. The van der Waals surface area contributed by atoms with E-state index in [-0.39, 0.29) is 41.7 Å². The number of halogens is 3. The number of anilines is 1. The second-order valence-electron chi connectivity index (χ2n) is 13.0. The van der Waals surface area contributed by atoms with E-state index in [0.29, 0.717) is 34.8 Å². The van der Waals surface area contributed by atoms with Gasteiger partial charge in [-0.15, -0.1) is 0 Å². The second kappa shape index (κ2) is 12.6. The molecule has 4 aromatic rings. The number of carbonyl (C=O) groups is 2. The Bertz CT molecular complexity index is 2020. The molecule has 0 aliphatic carbocycles. The summed E-state index contributed by atoms with van der Waals surface area (Å²) in [7, 11) is 3.72. The number of hydrogen-bond acceptors (Lipinski definition) is 5. The normalized spacial score (nSPS) is 18.6. The van der Waals surface area contributed by atoms with Crippen LogP contribution in [0.4, 0.5) is 18.9 Å². The van der Waals surface area contributed by atoms with Crippen LogP contribution in [0.25, 0.3) is 11.3 Å². The third-order valence-corrected chi connectivity index (χ3v) is 10.1. The number of aliphatic imine (C=N–C) groups is 1. The van der Waals surface area contributed by atoms with Crippen molar-refractivity contribution in [2.75, 3.05) is 18.5 Å². The zero-order chi connectivity index (χ0) is 34.6. The Hall–Kier alpha value is -5.32. The molecule has 0 bridgehead atoms. The molecule has 3 aliphatic heterocycles. The van der Waals surface area contributed by atoms with Crippen LogP contribution in [-0.4, -0.2) is 63.2 Å². The number of allylic oxidation sites excluding steroid dienone is 1. The minimum atomic E-state index is -2.78. The molecule has 7 rings (SSSR count). The molecule has 3 aromatic carbocycles. The highest BCUT2D eigenvalue weighted by Gasteiger charge is 2.38. The van der Waals surface area contributed by atoms with Gasteiger partial charge in [0, 0.05) is 73.2 Å². The van der Waals surface area contributed by atoms with Gasteiger partial charge < -0.3 is 19.5 Å². The summed E-state index contributed by atoms with van der Waals surface area (Å²) in [6, 6.07) is 17.5. The van der Waals surface area contributed by atoms with Crippen LogP contribution in [0.1, 0.15) is 50.4 Å². The zero-order valence-corrected chi connectivity index (χ0v) is 27.4. The van der Waals surface area contributed by atoms with Gasteiger partial charge in [0.1, 0.15) is 17.4 Å². The molecule has 1 N–H and O–H groups in total. The fraction of sp³-hybridized carbons (Fsp3) is 0.289. The lowest BCUT2D eigenvalue weighted by molar-refractivity contribution is 0.0141. The van der Waals surface area contributed by atoms with Gasteiger partial charge in [0.05, 0.1) is 11.6 Å². The van der Waals surface area contributed by atoms with E-state index in [1.807, 2.05) is 13.1 Å². The summed E-state index contributed by atoms with van der Waals surface area (Å²) < 4.78 is 45.4. The van der Waals surface area contributed by atoms with Crippen LogP contribution in [-0.2, 0) is 20.0 Å².